The largest absolute Gasteiger partial charge is 0.305 e. The fourth-order valence-corrected chi connectivity index (χ4v) is 3.44. The molecule has 0 amide bonds. The number of hydrogen-bond acceptors (Lipinski definition) is 2. The molecule has 16 heavy (non-hydrogen) atoms. The van der Waals surface area contributed by atoms with Crippen molar-refractivity contribution in [2.75, 3.05) is 25.9 Å². The van der Waals surface area contributed by atoms with E-state index in [1.165, 1.54) is 31.7 Å². The summed E-state index contributed by atoms with van der Waals surface area (Å²) in [7, 11) is 2.20. The Labute approximate surface area is 103 Å². The van der Waals surface area contributed by atoms with Crippen molar-refractivity contribution in [3.05, 3.63) is 11.9 Å². The molecule has 1 nitrogen and oxygen atoms in total. The van der Waals surface area contributed by atoms with Crippen LogP contribution in [0.15, 0.2) is 11.9 Å². The van der Waals surface area contributed by atoms with Gasteiger partial charge in [-0.3, -0.25) is 0 Å². The summed E-state index contributed by atoms with van der Waals surface area (Å²) in [6.07, 6.45) is 7.03. The van der Waals surface area contributed by atoms with Crippen molar-refractivity contribution in [2.24, 2.45) is 0 Å². The zero-order chi connectivity index (χ0) is 11.8. The van der Waals surface area contributed by atoms with Crippen molar-refractivity contribution in [3.63, 3.8) is 0 Å². The van der Waals surface area contributed by atoms with E-state index in [0.717, 1.165) is 18.1 Å². The molecule has 0 spiro atoms. The minimum absolute atomic E-state index is 0.0439. The fraction of sp³-hybridized carbons (Fsp3) is 0.846. The highest BCUT2D eigenvalue weighted by atomic mass is 32.2. The van der Waals surface area contributed by atoms with E-state index in [1.807, 2.05) is 0 Å². The first-order valence-corrected chi connectivity index (χ1v) is 7.38. The van der Waals surface area contributed by atoms with Gasteiger partial charge in [0.15, 0.2) is 0 Å². The van der Waals surface area contributed by atoms with E-state index in [-0.39, 0.29) is 5.83 Å². The van der Waals surface area contributed by atoms with E-state index in [0.29, 0.717) is 6.42 Å². The molecule has 1 rings (SSSR count). The van der Waals surface area contributed by atoms with Crippen LogP contribution in [0.4, 0.5) is 4.39 Å². The molecule has 1 atom stereocenters. The maximum absolute atomic E-state index is 12.8. The SMILES string of the molecule is C/C=C(/F)CCCCSC1CCCN(C)C1. The normalized spacial score (nSPS) is 23.7. The van der Waals surface area contributed by atoms with Gasteiger partial charge in [-0.25, -0.2) is 4.39 Å². The molecule has 3 heteroatoms. The van der Waals surface area contributed by atoms with Crippen LogP contribution in [0.1, 0.15) is 39.0 Å². The quantitative estimate of drug-likeness (QED) is 0.654. The molecule has 1 aliphatic rings. The summed E-state index contributed by atoms with van der Waals surface area (Å²) < 4.78 is 12.8. The molecule has 94 valence electrons. The Balaban J connectivity index is 1.98. The van der Waals surface area contributed by atoms with Crippen molar-refractivity contribution in [2.45, 2.75) is 44.3 Å². The highest BCUT2D eigenvalue weighted by Crippen LogP contribution is 2.23. The summed E-state index contributed by atoms with van der Waals surface area (Å²) in [4.78, 5) is 2.42. The van der Waals surface area contributed by atoms with Crippen molar-refractivity contribution in [1.29, 1.82) is 0 Å². The molecule has 0 aliphatic carbocycles. The standard InChI is InChI=1S/C13H24FNS/c1-3-12(14)7-4-5-10-16-13-8-6-9-15(2)11-13/h3,13H,4-11H2,1-2H3/b12-3+. The number of halogens is 1. The Bertz CT molecular complexity index is 218. The van der Waals surface area contributed by atoms with Gasteiger partial charge in [-0.15, -0.1) is 0 Å². The van der Waals surface area contributed by atoms with Gasteiger partial charge in [0, 0.05) is 11.8 Å². The summed E-state index contributed by atoms with van der Waals surface area (Å²) in [6.45, 7) is 4.25. The van der Waals surface area contributed by atoms with Crippen LogP contribution in [0.25, 0.3) is 0 Å². The number of allylic oxidation sites excluding steroid dienone is 2. The Morgan fingerprint density at radius 2 is 2.31 bits per heavy atom. The van der Waals surface area contributed by atoms with E-state index >= 15 is 0 Å². The van der Waals surface area contributed by atoms with Gasteiger partial charge in [-0.2, -0.15) is 11.8 Å². The second-order valence-electron chi connectivity index (χ2n) is 4.59. The van der Waals surface area contributed by atoms with Gasteiger partial charge in [-0.05, 0) is 58.4 Å². The molecule has 1 fully saturated rings. The summed E-state index contributed by atoms with van der Waals surface area (Å²) in [5.41, 5.74) is 0. The van der Waals surface area contributed by atoms with E-state index in [9.17, 15) is 4.39 Å². The molecule has 0 aromatic carbocycles. The van der Waals surface area contributed by atoms with E-state index in [1.54, 1.807) is 13.0 Å². The lowest BCUT2D eigenvalue weighted by atomic mass is 10.1. The Morgan fingerprint density at radius 1 is 1.50 bits per heavy atom. The second-order valence-corrected chi connectivity index (χ2v) is 6.00. The number of nitrogens with zero attached hydrogens (tertiary/aromatic N) is 1. The minimum Gasteiger partial charge on any atom is -0.305 e. The van der Waals surface area contributed by atoms with Gasteiger partial charge < -0.3 is 4.90 Å². The first kappa shape index (κ1) is 14.0. The molecule has 0 bridgehead atoms. The van der Waals surface area contributed by atoms with Crippen LogP contribution in [-0.4, -0.2) is 36.0 Å². The van der Waals surface area contributed by atoms with Crippen molar-refractivity contribution in [3.8, 4) is 0 Å². The molecule has 0 N–H and O–H groups in total. The van der Waals surface area contributed by atoms with Gasteiger partial charge in [0.05, 0.1) is 5.83 Å². The third-order valence-corrected chi connectivity index (χ3v) is 4.44. The number of likely N-dealkylation sites (tertiary alicyclic amines) is 1. The van der Waals surface area contributed by atoms with Crippen LogP contribution in [0.2, 0.25) is 0 Å². The average molecular weight is 245 g/mol. The summed E-state index contributed by atoms with van der Waals surface area (Å²) >= 11 is 2.08. The lowest BCUT2D eigenvalue weighted by Gasteiger charge is -2.29. The Kier molecular flexibility index (Phi) is 7.13. The number of thioether (sulfide) groups is 1. The van der Waals surface area contributed by atoms with Crippen molar-refractivity contribution >= 4 is 11.8 Å². The predicted octanol–water partition coefficient (Wildman–Crippen LogP) is 3.86. The van der Waals surface area contributed by atoms with Crippen LogP contribution < -0.4 is 0 Å². The number of piperidine rings is 1. The maximum atomic E-state index is 12.8. The smallest absolute Gasteiger partial charge is 0.0957 e. The fourth-order valence-electron chi connectivity index (χ4n) is 2.05. The highest BCUT2D eigenvalue weighted by Gasteiger charge is 2.16. The van der Waals surface area contributed by atoms with Crippen LogP contribution >= 0.6 is 11.8 Å². The first-order chi connectivity index (χ1) is 7.72. The third kappa shape index (κ3) is 5.90. The lowest BCUT2D eigenvalue weighted by Crippen LogP contribution is -2.33. The monoisotopic (exact) mass is 245 g/mol. The van der Waals surface area contributed by atoms with Gasteiger partial charge >= 0.3 is 0 Å². The summed E-state index contributed by atoms with van der Waals surface area (Å²) in [6, 6.07) is 0. The molecule has 0 radical (unpaired) electrons. The molecule has 0 aromatic rings. The van der Waals surface area contributed by atoms with Crippen LogP contribution in [0.5, 0.6) is 0 Å². The number of hydrogen-bond donors (Lipinski definition) is 0. The van der Waals surface area contributed by atoms with Crippen LogP contribution in [0, 0.1) is 0 Å². The lowest BCUT2D eigenvalue weighted by molar-refractivity contribution is 0.283. The zero-order valence-electron chi connectivity index (χ0n) is 10.5. The molecule has 1 aliphatic heterocycles. The van der Waals surface area contributed by atoms with Crippen LogP contribution in [0.3, 0.4) is 0 Å². The molecule has 1 saturated heterocycles. The molecule has 0 saturated carbocycles. The third-order valence-electron chi connectivity index (χ3n) is 3.06. The predicted molar refractivity (Wildman–Crippen MR) is 71.7 cm³/mol. The number of rotatable bonds is 6. The average Bonchev–Trinajstić information content (AvgIpc) is 2.28. The molecular weight excluding hydrogens is 221 g/mol. The van der Waals surface area contributed by atoms with E-state index in [4.69, 9.17) is 0 Å². The van der Waals surface area contributed by atoms with E-state index < -0.39 is 0 Å². The minimum atomic E-state index is 0.0439. The van der Waals surface area contributed by atoms with E-state index in [2.05, 4.69) is 23.7 Å². The zero-order valence-corrected chi connectivity index (χ0v) is 11.4. The molecule has 0 aromatic heterocycles. The van der Waals surface area contributed by atoms with Gasteiger partial charge in [0.1, 0.15) is 0 Å². The van der Waals surface area contributed by atoms with Crippen LogP contribution in [-0.2, 0) is 0 Å². The maximum Gasteiger partial charge on any atom is 0.0957 e. The van der Waals surface area contributed by atoms with Crippen molar-refractivity contribution in [1.82, 2.24) is 4.90 Å². The van der Waals surface area contributed by atoms with Gasteiger partial charge in [0.25, 0.3) is 0 Å². The first-order valence-electron chi connectivity index (χ1n) is 6.33. The molecule has 1 unspecified atom stereocenters. The van der Waals surface area contributed by atoms with Gasteiger partial charge in [0.2, 0.25) is 0 Å². The highest BCUT2D eigenvalue weighted by molar-refractivity contribution is 7.99. The Hall–Kier alpha value is -0.0200. The van der Waals surface area contributed by atoms with Gasteiger partial charge in [-0.1, -0.05) is 6.08 Å². The molecule has 1 heterocycles. The summed E-state index contributed by atoms with van der Waals surface area (Å²) in [5.74, 6) is 1.23. The van der Waals surface area contributed by atoms with Crippen molar-refractivity contribution < 1.29 is 4.39 Å². The second kappa shape index (κ2) is 8.13. The topological polar surface area (TPSA) is 3.24 Å². The number of unbranched alkanes of at least 4 members (excludes halogenated alkanes) is 1. The summed E-state index contributed by atoms with van der Waals surface area (Å²) in [5, 5.41) is 0.810. The Morgan fingerprint density at radius 3 is 3.00 bits per heavy atom. The molecular formula is C13H24FNS.